The second kappa shape index (κ2) is 4.06. The van der Waals surface area contributed by atoms with E-state index in [0.29, 0.717) is 0 Å². The van der Waals surface area contributed by atoms with Crippen LogP contribution >= 0.6 is 0 Å². The summed E-state index contributed by atoms with van der Waals surface area (Å²) < 4.78 is 13.8. The van der Waals surface area contributed by atoms with Gasteiger partial charge < -0.3 is 5.73 Å². The minimum Gasteiger partial charge on any atom is -0.382 e. The Labute approximate surface area is 95.9 Å². The molecule has 0 amide bonds. The Kier molecular flexibility index (Phi) is 2.58. The number of nitriles is 1. The lowest BCUT2D eigenvalue weighted by atomic mass is 10.2. The summed E-state index contributed by atoms with van der Waals surface area (Å²) >= 11 is 0. The van der Waals surface area contributed by atoms with Crippen LogP contribution in [-0.4, -0.2) is 15.7 Å². The Morgan fingerprint density at radius 2 is 2.29 bits per heavy atom. The molecule has 0 unspecified atom stereocenters. The van der Waals surface area contributed by atoms with Crippen molar-refractivity contribution < 1.29 is 9.18 Å². The summed E-state index contributed by atoms with van der Waals surface area (Å²) in [6.45, 7) is 0. The van der Waals surface area contributed by atoms with Crippen LogP contribution in [0.1, 0.15) is 15.9 Å². The summed E-state index contributed by atoms with van der Waals surface area (Å²) in [5.41, 5.74) is 5.77. The van der Waals surface area contributed by atoms with Crippen molar-refractivity contribution in [1.29, 1.82) is 5.26 Å². The van der Waals surface area contributed by atoms with Gasteiger partial charge in [-0.05, 0) is 18.2 Å². The molecule has 0 aliphatic carbocycles. The molecule has 0 radical (unpaired) electrons. The zero-order valence-corrected chi connectivity index (χ0v) is 8.59. The minimum atomic E-state index is -0.580. The van der Waals surface area contributed by atoms with Gasteiger partial charge in [-0.1, -0.05) is 6.07 Å². The third kappa shape index (κ3) is 1.86. The van der Waals surface area contributed by atoms with Crippen LogP contribution in [0.5, 0.6) is 0 Å². The van der Waals surface area contributed by atoms with Crippen molar-refractivity contribution in [1.82, 2.24) is 9.78 Å². The predicted molar refractivity (Wildman–Crippen MR) is 57.5 cm³/mol. The first-order chi connectivity index (χ1) is 8.13. The first-order valence-corrected chi connectivity index (χ1v) is 4.67. The lowest BCUT2D eigenvalue weighted by molar-refractivity contribution is 0.0947. The van der Waals surface area contributed by atoms with Gasteiger partial charge in [-0.25, -0.2) is 4.39 Å². The maximum Gasteiger partial charge on any atom is 0.280 e. The largest absolute Gasteiger partial charge is 0.382 e. The first-order valence-electron chi connectivity index (χ1n) is 4.67. The Morgan fingerprint density at radius 3 is 2.88 bits per heavy atom. The number of benzene rings is 1. The van der Waals surface area contributed by atoms with Crippen LogP contribution in [0.4, 0.5) is 10.2 Å². The van der Waals surface area contributed by atoms with Crippen molar-refractivity contribution >= 4 is 11.7 Å². The molecular weight excluding hydrogens is 223 g/mol. The maximum atomic E-state index is 12.9. The number of anilines is 1. The summed E-state index contributed by atoms with van der Waals surface area (Å²) in [7, 11) is 0. The van der Waals surface area contributed by atoms with E-state index in [9.17, 15) is 9.18 Å². The predicted octanol–water partition coefficient (Wildman–Crippen LogP) is 1.16. The summed E-state index contributed by atoms with van der Waals surface area (Å²) in [6.07, 6.45) is 1.19. The molecule has 0 atom stereocenters. The van der Waals surface area contributed by atoms with Crippen molar-refractivity contribution in [3.8, 4) is 6.07 Å². The van der Waals surface area contributed by atoms with E-state index >= 15 is 0 Å². The lowest BCUT2D eigenvalue weighted by Gasteiger charge is -2.02. The number of hydrogen-bond acceptors (Lipinski definition) is 4. The fourth-order valence-corrected chi connectivity index (χ4v) is 1.35. The van der Waals surface area contributed by atoms with Gasteiger partial charge in [0.2, 0.25) is 0 Å². The van der Waals surface area contributed by atoms with E-state index in [-0.39, 0.29) is 16.9 Å². The number of halogens is 1. The molecule has 0 spiro atoms. The fraction of sp³-hybridized carbons (Fsp3) is 0. The van der Waals surface area contributed by atoms with Gasteiger partial charge in [-0.3, -0.25) is 4.79 Å². The topological polar surface area (TPSA) is 84.7 Å². The van der Waals surface area contributed by atoms with Gasteiger partial charge in [-0.15, -0.1) is 0 Å². The monoisotopic (exact) mass is 230 g/mol. The zero-order valence-electron chi connectivity index (χ0n) is 8.59. The van der Waals surface area contributed by atoms with Crippen molar-refractivity contribution in [2.24, 2.45) is 0 Å². The molecule has 0 aliphatic rings. The molecule has 1 heterocycles. The van der Waals surface area contributed by atoms with Crippen LogP contribution in [0.25, 0.3) is 0 Å². The molecule has 2 N–H and O–H groups in total. The van der Waals surface area contributed by atoms with Crippen LogP contribution in [0, 0.1) is 17.1 Å². The number of carbonyl (C=O) groups excluding carboxylic acids is 1. The Bertz CT molecular complexity index is 627. The van der Waals surface area contributed by atoms with Gasteiger partial charge in [0.05, 0.1) is 6.20 Å². The van der Waals surface area contributed by atoms with E-state index in [1.54, 1.807) is 6.07 Å². The summed E-state index contributed by atoms with van der Waals surface area (Å²) in [6, 6.07) is 6.96. The molecule has 6 heteroatoms. The highest BCUT2D eigenvalue weighted by molar-refractivity contribution is 5.97. The van der Waals surface area contributed by atoms with Gasteiger partial charge in [0.15, 0.2) is 0 Å². The van der Waals surface area contributed by atoms with E-state index in [0.717, 1.165) is 10.7 Å². The van der Waals surface area contributed by atoms with Crippen molar-refractivity contribution in [3.63, 3.8) is 0 Å². The third-order valence-electron chi connectivity index (χ3n) is 2.19. The highest BCUT2D eigenvalue weighted by Crippen LogP contribution is 2.12. The van der Waals surface area contributed by atoms with Crippen LogP contribution in [-0.2, 0) is 0 Å². The summed E-state index contributed by atoms with van der Waals surface area (Å²) in [5.74, 6) is -1.16. The van der Waals surface area contributed by atoms with E-state index in [1.165, 1.54) is 24.4 Å². The normalized spacial score (nSPS) is 9.88. The van der Waals surface area contributed by atoms with Crippen molar-refractivity contribution in [2.45, 2.75) is 0 Å². The molecule has 2 rings (SSSR count). The van der Waals surface area contributed by atoms with Crippen LogP contribution in [0.3, 0.4) is 0 Å². The average molecular weight is 230 g/mol. The fourth-order valence-electron chi connectivity index (χ4n) is 1.35. The number of hydrogen-bond donors (Lipinski definition) is 1. The minimum absolute atomic E-state index is 0.0539. The average Bonchev–Trinajstić information content (AvgIpc) is 2.69. The van der Waals surface area contributed by atoms with Gasteiger partial charge in [0.1, 0.15) is 23.3 Å². The van der Waals surface area contributed by atoms with Gasteiger partial charge in [0.25, 0.3) is 5.91 Å². The van der Waals surface area contributed by atoms with E-state index in [2.05, 4.69) is 5.10 Å². The molecule has 0 saturated heterocycles. The lowest BCUT2D eigenvalue weighted by Crippen LogP contribution is -2.16. The molecule has 17 heavy (non-hydrogen) atoms. The Morgan fingerprint density at radius 1 is 1.53 bits per heavy atom. The zero-order chi connectivity index (χ0) is 12.4. The molecule has 0 saturated carbocycles. The molecule has 0 fully saturated rings. The Balaban J connectivity index is 2.45. The number of carbonyl (C=O) groups is 1. The number of nitrogens with zero attached hydrogens (tertiary/aromatic N) is 3. The molecule has 1 aromatic carbocycles. The van der Waals surface area contributed by atoms with E-state index in [4.69, 9.17) is 11.0 Å². The van der Waals surface area contributed by atoms with Crippen molar-refractivity contribution in [2.75, 3.05) is 5.73 Å². The van der Waals surface area contributed by atoms with Crippen LogP contribution < -0.4 is 5.73 Å². The van der Waals surface area contributed by atoms with Gasteiger partial charge in [0, 0.05) is 5.56 Å². The maximum absolute atomic E-state index is 12.9. The molecule has 84 valence electrons. The summed E-state index contributed by atoms with van der Waals surface area (Å²) in [4.78, 5) is 11.9. The quantitative estimate of drug-likeness (QED) is 0.796. The molecule has 2 aromatic rings. The second-order valence-corrected chi connectivity index (χ2v) is 3.28. The molecule has 1 aromatic heterocycles. The number of aromatic nitrogens is 2. The van der Waals surface area contributed by atoms with E-state index < -0.39 is 11.7 Å². The molecule has 5 nitrogen and oxygen atoms in total. The Hall–Kier alpha value is -2.68. The van der Waals surface area contributed by atoms with Crippen LogP contribution in [0.2, 0.25) is 0 Å². The van der Waals surface area contributed by atoms with E-state index in [1.807, 2.05) is 0 Å². The number of rotatable bonds is 1. The van der Waals surface area contributed by atoms with Crippen molar-refractivity contribution in [3.05, 3.63) is 47.4 Å². The second-order valence-electron chi connectivity index (χ2n) is 3.28. The van der Waals surface area contributed by atoms with Gasteiger partial charge >= 0.3 is 0 Å². The number of nitrogens with two attached hydrogens (primary N) is 1. The standard InChI is InChI=1S/C11H7FN4O/c12-9-3-1-2-7(4-9)11(17)16-10(14)8(5-13)6-15-16/h1-4,6H,14H2. The first kappa shape index (κ1) is 10.8. The molecule has 0 aliphatic heterocycles. The van der Waals surface area contributed by atoms with Gasteiger partial charge in [-0.2, -0.15) is 15.0 Å². The number of nitrogen functional groups attached to an aromatic ring is 1. The highest BCUT2D eigenvalue weighted by Gasteiger charge is 2.15. The van der Waals surface area contributed by atoms with Crippen LogP contribution in [0.15, 0.2) is 30.5 Å². The SMILES string of the molecule is N#Cc1cnn(C(=O)c2cccc(F)c2)c1N. The third-order valence-corrected chi connectivity index (χ3v) is 2.19. The molecule has 0 bridgehead atoms. The highest BCUT2D eigenvalue weighted by atomic mass is 19.1. The molecular formula is C11H7FN4O. The summed E-state index contributed by atoms with van der Waals surface area (Å²) in [5, 5.41) is 12.4. The smallest absolute Gasteiger partial charge is 0.280 e.